The van der Waals surface area contributed by atoms with E-state index in [0.717, 1.165) is 32.1 Å². The maximum atomic E-state index is 12.8. The van der Waals surface area contributed by atoms with E-state index < -0.39 is 6.04 Å². The van der Waals surface area contributed by atoms with Crippen LogP contribution in [0.2, 0.25) is 0 Å². The highest BCUT2D eigenvalue weighted by atomic mass is 16.5. The van der Waals surface area contributed by atoms with Crippen LogP contribution in [0.5, 0.6) is 5.75 Å². The van der Waals surface area contributed by atoms with Crippen LogP contribution < -0.4 is 15.4 Å². The van der Waals surface area contributed by atoms with Gasteiger partial charge in [0.15, 0.2) is 0 Å². The first-order valence-corrected chi connectivity index (χ1v) is 9.72. The number of hydrogen-bond donors (Lipinski definition) is 2. The molecular formula is C21H30N2O4. The lowest BCUT2D eigenvalue weighted by Crippen LogP contribution is -2.51. The largest absolute Gasteiger partial charge is 0.497 e. The summed E-state index contributed by atoms with van der Waals surface area (Å²) < 4.78 is 5.15. The SMILES string of the molecule is CCCC[C@H](NC(=O)c1cccc(OC)c1)C(=O)N[C@H]1CCC[C@H]1C(C)=O. The van der Waals surface area contributed by atoms with Crippen molar-refractivity contribution >= 4 is 17.6 Å². The molecule has 0 radical (unpaired) electrons. The predicted octanol–water partition coefficient (Wildman–Crippen LogP) is 2.86. The Hall–Kier alpha value is -2.37. The molecular weight excluding hydrogens is 344 g/mol. The minimum atomic E-state index is -0.614. The predicted molar refractivity (Wildman–Crippen MR) is 104 cm³/mol. The Kier molecular flexibility index (Phi) is 7.82. The van der Waals surface area contributed by atoms with Crippen molar-refractivity contribution in [3.63, 3.8) is 0 Å². The minimum Gasteiger partial charge on any atom is -0.497 e. The molecule has 3 atom stereocenters. The highest BCUT2D eigenvalue weighted by Crippen LogP contribution is 2.26. The molecule has 1 aromatic rings. The topological polar surface area (TPSA) is 84.5 Å². The number of ether oxygens (including phenoxy) is 1. The van der Waals surface area contributed by atoms with Gasteiger partial charge in [0, 0.05) is 17.5 Å². The van der Waals surface area contributed by atoms with Crippen LogP contribution in [0.15, 0.2) is 24.3 Å². The monoisotopic (exact) mass is 374 g/mol. The van der Waals surface area contributed by atoms with Gasteiger partial charge in [0.2, 0.25) is 5.91 Å². The van der Waals surface area contributed by atoms with Gasteiger partial charge in [0.05, 0.1) is 7.11 Å². The van der Waals surface area contributed by atoms with Crippen molar-refractivity contribution in [2.45, 2.75) is 64.5 Å². The zero-order chi connectivity index (χ0) is 19.8. The second kappa shape index (κ2) is 10.1. The molecule has 2 amide bonds. The molecule has 0 aromatic heterocycles. The average molecular weight is 374 g/mol. The zero-order valence-corrected chi connectivity index (χ0v) is 16.4. The standard InChI is InChI=1S/C21H30N2O4/c1-4-5-11-19(21(26)22-18-12-7-10-17(18)14(2)24)23-20(25)15-8-6-9-16(13-15)27-3/h6,8-9,13,17-19H,4-5,7,10-12H2,1-3H3,(H,22,26)(H,23,25)/t17-,18-,19-/m0/s1. The van der Waals surface area contributed by atoms with Crippen molar-refractivity contribution in [2.75, 3.05) is 7.11 Å². The lowest BCUT2D eigenvalue weighted by molar-refractivity contribution is -0.125. The van der Waals surface area contributed by atoms with Gasteiger partial charge >= 0.3 is 0 Å². The van der Waals surface area contributed by atoms with Gasteiger partial charge in [0.25, 0.3) is 5.91 Å². The first kappa shape index (κ1) is 20.9. The number of rotatable bonds is 9. The summed E-state index contributed by atoms with van der Waals surface area (Å²) in [7, 11) is 1.54. The van der Waals surface area contributed by atoms with E-state index in [0.29, 0.717) is 17.7 Å². The molecule has 0 saturated heterocycles. The average Bonchev–Trinajstić information content (AvgIpc) is 3.13. The minimum absolute atomic E-state index is 0.114. The van der Waals surface area contributed by atoms with E-state index in [1.54, 1.807) is 38.3 Å². The van der Waals surface area contributed by atoms with Gasteiger partial charge in [-0.1, -0.05) is 32.3 Å². The van der Waals surface area contributed by atoms with Gasteiger partial charge in [-0.25, -0.2) is 0 Å². The molecule has 1 aromatic carbocycles. The van der Waals surface area contributed by atoms with Gasteiger partial charge in [-0.15, -0.1) is 0 Å². The molecule has 0 aliphatic heterocycles. The fourth-order valence-corrected chi connectivity index (χ4v) is 3.59. The van der Waals surface area contributed by atoms with E-state index in [1.165, 1.54) is 0 Å². The van der Waals surface area contributed by atoms with Crippen molar-refractivity contribution < 1.29 is 19.1 Å². The molecule has 0 heterocycles. The van der Waals surface area contributed by atoms with E-state index in [9.17, 15) is 14.4 Å². The summed E-state index contributed by atoms with van der Waals surface area (Å²) >= 11 is 0. The number of Topliss-reactive ketones (excluding diaryl/α,β-unsaturated/α-hetero) is 1. The molecule has 1 aliphatic rings. The first-order chi connectivity index (χ1) is 13.0. The molecule has 1 fully saturated rings. The van der Waals surface area contributed by atoms with Gasteiger partial charge < -0.3 is 15.4 Å². The van der Waals surface area contributed by atoms with Crippen molar-refractivity contribution in [1.29, 1.82) is 0 Å². The Morgan fingerprint density at radius 2 is 2.04 bits per heavy atom. The zero-order valence-electron chi connectivity index (χ0n) is 16.4. The third-order valence-electron chi connectivity index (χ3n) is 5.17. The summed E-state index contributed by atoms with van der Waals surface area (Å²) in [6, 6.07) is 6.09. The number of nitrogens with one attached hydrogen (secondary N) is 2. The molecule has 0 spiro atoms. The molecule has 1 aliphatic carbocycles. The highest BCUT2D eigenvalue weighted by molar-refractivity contribution is 5.98. The fraction of sp³-hybridized carbons (Fsp3) is 0.571. The molecule has 2 N–H and O–H groups in total. The number of carbonyl (C=O) groups is 3. The van der Waals surface area contributed by atoms with Crippen molar-refractivity contribution in [1.82, 2.24) is 10.6 Å². The molecule has 0 unspecified atom stereocenters. The Morgan fingerprint density at radius 1 is 1.26 bits per heavy atom. The van der Waals surface area contributed by atoms with E-state index >= 15 is 0 Å². The van der Waals surface area contributed by atoms with E-state index in [2.05, 4.69) is 10.6 Å². The Bertz CT molecular complexity index is 674. The number of unbranched alkanes of at least 4 members (excludes halogenated alkanes) is 1. The fourth-order valence-electron chi connectivity index (χ4n) is 3.59. The van der Waals surface area contributed by atoms with E-state index in [-0.39, 0.29) is 29.6 Å². The normalized spacial score (nSPS) is 20.0. The molecule has 148 valence electrons. The number of ketones is 1. The number of hydrogen-bond acceptors (Lipinski definition) is 4. The molecule has 6 heteroatoms. The van der Waals surface area contributed by atoms with Crippen molar-refractivity contribution in [3.8, 4) is 5.75 Å². The first-order valence-electron chi connectivity index (χ1n) is 9.72. The van der Waals surface area contributed by atoms with Crippen LogP contribution in [0.25, 0.3) is 0 Å². The summed E-state index contributed by atoms with van der Waals surface area (Å²) in [5.41, 5.74) is 0.450. The van der Waals surface area contributed by atoms with Crippen LogP contribution in [0.3, 0.4) is 0 Å². The number of amides is 2. The Morgan fingerprint density at radius 3 is 2.70 bits per heavy atom. The summed E-state index contributed by atoms with van der Waals surface area (Å²) in [4.78, 5) is 37.2. The smallest absolute Gasteiger partial charge is 0.252 e. The van der Waals surface area contributed by atoms with Gasteiger partial charge in [-0.05, 0) is 44.4 Å². The summed E-state index contributed by atoms with van der Waals surface area (Å²) in [5.74, 6) is 0.0724. The van der Waals surface area contributed by atoms with Crippen molar-refractivity contribution in [3.05, 3.63) is 29.8 Å². The summed E-state index contributed by atoms with van der Waals surface area (Å²) in [6.07, 6.45) is 4.88. The molecule has 6 nitrogen and oxygen atoms in total. The number of benzene rings is 1. The summed E-state index contributed by atoms with van der Waals surface area (Å²) in [5, 5.41) is 5.85. The number of carbonyl (C=O) groups excluding carboxylic acids is 3. The maximum absolute atomic E-state index is 12.8. The second-order valence-corrected chi connectivity index (χ2v) is 7.16. The van der Waals surface area contributed by atoms with E-state index in [1.807, 2.05) is 6.92 Å². The molecule has 0 bridgehead atoms. The van der Waals surface area contributed by atoms with Gasteiger partial charge in [0.1, 0.15) is 17.6 Å². The van der Waals surface area contributed by atoms with Gasteiger partial charge in [-0.3, -0.25) is 14.4 Å². The van der Waals surface area contributed by atoms with Gasteiger partial charge in [-0.2, -0.15) is 0 Å². The molecule has 1 saturated carbocycles. The van der Waals surface area contributed by atoms with Crippen LogP contribution in [0.1, 0.15) is 62.7 Å². The number of methoxy groups -OCH3 is 1. The Labute approximate surface area is 161 Å². The highest BCUT2D eigenvalue weighted by Gasteiger charge is 2.33. The maximum Gasteiger partial charge on any atom is 0.252 e. The van der Waals surface area contributed by atoms with Crippen LogP contribution >= 0.6 is 0 Å². The van der Waals surface area contributed by atoms with Crippen LogP contribution in [-0.2, 0) is 9.59 Å². The lowest BCUT2D eigenvalue weighted by atomic mass is 9.98. The lowest BCUT2D eigenvalue weighted by Gasteiger charge is -2.24. The quantitative estimate of drug-likeness (QED) is 0.696. The van der Waals surface area contributed by atoms with Crippen LogP contribution in [0, 0.1) is 5.92 Å². The van der Waals surface area contributed by atoms with E-state index in [4.69, 9.17) is 4.74 Å². The molecule has 27 heavy (non-hydrogen) atoms. The second-order valence-electron chi connectivity index (χ2n) is 7.16. The van der Waals surface area contributed by atoms with Crippen LogP contribution in [-0.4, -0.2) is 36.8 Å². The summed E-state index contributed by atoms with van der Waals surface area (Å²) in [6.45, 7) is 3.62. The molecule has 2 rings (SSSR count). The third kappa shape index (κ3) is 5.81. The Balaban J connectivity index is 2.05. The third-order valence-corrected chi connectivity index (χ3v) is 5.17. The van der Waals surface area contributed by atoms with Crippen LogP contribution in [0.4, 0.5) is 0 Å². The van der Waals surface area contributed by atoms with Crippen molar-refractivity contribution in [2.24, 2.45) is 5.92 Å².